The Morgan fingerprint density at radius 1 is 1.30 bits per heavy atom. The lowest BCUT2D eigenvalue weighted by molar-refractivity contribution is -0.0362. The topological polar surface area (TPSA) is 64.4 Å². The van der Waals surface area contributed by atoms with Crippen molar-refractivity contribution in [2.75, 3.05) is 5.73 Å². The number of aliphatic imine (C=N–C) groups is 1. The number of halogens is 2. The molecule has 0 aliphatic carbocycles. The first-order valence-corrected chi connectivity index (χ1v) is 6.87. The highest BCUT2D eigenvalue weighted by atomic mass is 19.3. The molecule has 0 fully saturated rings. The van der Waals surface area contributed by atoms with E-state index >= 15 is 0 Å². The molecule has 2 rings (SSSR count). The Bertz CT molecular complexity index is 484. The number of hydrogen-bond donors (Lipinski definition) is 2. The standard InChI is InChI=1S/C12H15F2N3.C3H8/c1-7-2-3-8(15)6-9(7)11-12(13,14)5-4-10(16)17-11;1-3-2/h2-3,6,11H,4-5,15H2,1H3,(H2,16,17);3H2,1-2H3. The van der Waals surface area contributed by atoms with Gasteiger partial charge in [0.25, 0.3) is 5.92 Å². The van der Waals surface area contributed by atoms with E-state index in [1.807, 2.05) is 0 Å². The Morgan fingerprint density at radius 3 is 2.50 bits per heavy atom. The number of nitrogens with zero attached hydrogens (tertiary/aromatic N) is 1. The molecule has 20 heavy (non-hydrogen) atoms. The molecule has 1 aromatic rings. The third-order valence-corrected chi connectivity index (χ3v) is 3.01. The molecule has 0 bridgehead atoms. The molecule has 1 aromatic carbocycles. The highest BCUT2D eigenvalue weighted by molar-refractivity contribution is 5.81. The van der Waals surface area contributed by atoms with Crippen molar-refractivity contribution in [2.24, 2.45) is 10.7 Å². The molecule has 0 amide bonds. The predicted octanol–water partition coefficient (Wildman–Crippen LogP) is 3.82. The summed E-state index contributed by atoms with van der Waals surface area (Å²) in [6, 6.07) is 3.75. The number of hydrogen-bond acceptors (Lipinski definition) is 3. The van der Waals surface area contributed by atoms with Crippen LogP contribution in [0.1, 0.15) is 50.3 Å². The second kappa shape index (κ2) is 6.68. The van der Waals surface area contributed by atoms with Crippen LogP contribution < -0.4 is 11.5 Å². The van der Waals surface area contributed by atoms with Crippen LogP contribution in [0, 0.1) is 6.92 Å². The van der Waals surface area contributed by atoms with Crippen molar-refractivity contribution in [3.63, 3.8) is 0 Å². The first kappa shape index (κ1) is 16.4. The Morgan fingerprint density at radius 2 is 1.90 bits per heavy atom. The van der Waals surface area contributed by atoms with Crippen molar-refractivity contribution >= 4 is 11.5 Å². The fraction of sp³-hybridized carbons (Fsp3) is 0.533. The molecule has 112 valence electrons. The van der Waals surface area contributed by atoms with Gasteiger partial charge in [-0.25, -0.2) is 8.78 Å². The van der Waals surface area contributed by atoms with Gasteiger partial charge in [0.15, 0.2) is 0 Å². The van der Waals surface area contributed by atoms with Gasteiger partial charge < -0.3 is 11.5 Å². The van der Waals surface area contributed by atoms with Gasteiger partial charge in [-0.15, -0.1) is 0 Å². The summed E-state index contributed by atoms with van der Waals surface area (Å²) >= 11 is 0. The predicted molar refractivity (Wildman–Crippen MR) is 80.1 cm³/mol. The first-order valence-electron chi connectivity index (χ1n) is 6.87. The van der Waals surface area contributed by atoms with Gasteiger partial charge in [-0.1, -0.05) is 26.3 Å². The van der Waals surface area contributed by atoms with Gasteiger partial charge in [-0.2, -0.15) is 0 Å². The molecular formula is C15H23F2N3. The van der Waals surface area contributed by atoms with E-state index < -0.39 is 12.0 Å². The lowest BCUT2D eigenvalue weighted by atomic mass is 9.91. The third kappa shape index (κ3) is 3.92. The van der Waals surface area contributed by atoms with Crippen LogP contribution in [0.25, 0.3) is 0 Å². The van der Waals surface area contributed by atoms with Crippen LogP contribution in [-0.4, -0.2) is 11.8 Å². The van der Waals surface area contributed by atoms with Crippen LogP contribution in [0.4, 0.5) is 14.5 Å². The monoisotopic (exact) mass is 283 g/mol. The Balaban J connectivity index is 0.000000612. The van der Waals surface area contributed by atoms with Crippen LogP contribution >= 0.6 is 0 Å². The van der Waals surface area contributed by atoms with E-state index in [-0.39, 0.29) is 18.7 Å². The zero-order valence-electron chi connectivity index (χ0n) is 12.3. The molecule has 1 aliphatic heterocycles. The van der Waals surface area contributed by atoms with Crippen LogP contribution in [0.5, 0.6) is 0 Å². The zero-order chi connectivity index (χ0) is 15.3. The number of anilines is 1. The minimum atomic E-state index is -2.86. The van der Waals surface area contributed by atoms with E-state index in [2.05, 4.69) is 18.8 Å². The Labute approximate surface area is 119 Å². The first-order chi connectivity index (χ1) is 9.31. The summed E-state index contributed by atoms with van der Waals surface area (Å²) in [6.07, 6.45) is 1.13. The lowest BCUT2D eigenvalue weighted by Crippen LogP contribution is -2.34. The maximum atomic E-state index is 13.8. The third-order valence-electron chi connectivity index (χ3n) is 3.01. The average Bonchev–Trinajstić information content (AvgIpc) is 2.37. The van der Waals surface area contributed by atoms with Crippen LogP contribution in [0.15, 0.2) is 23.2 Å². The highest BCUT2D eigenvalue weighted by Crippen LogP contribution is 2.42. The number of nitrogens with two attached hydrogens (primary N) is 2. The van der Waals surface area contributed by atoms with Crippen LogP contribution in [0.2, 0.25) is 0 Å². The van der Waals surface area contributed by atoms with Crippen LogP contribution in [0.3, 0.4) is 0 Å². The second-order valence-electron chi connectivity index (χ2n) is 5.11. The smallest absolute Gasteiger partial charge is 0.274 e. The van der Waals surface area contributed by atoms with Crippen molar-refractivity contribution in [3.8, 4) is 0 Å². The van der Waals surface area contributed by atoms with Crippen molar-refractivity contribution in [2.45, 2.75) is 52.0 Å². The summed E-state index contributed by atoms with van der Waals surface area (Å²) in [5.41, 5.74) is 12.9. The van der Waals surface area contributed by atoms with Crippen molar-refractivity contribution in [1.82, 2.24) is 0 Å². The van der Waals surface area contributed by atoms with E-state index in [1.165, 1.54) is 6.42 Å². The Hall–Kier alpha value is -1.65. The lowest BCUT2D eigenvalue weighted by Gasteiger charge is -2.29. The molecule has 0 spiro atoms. The summed E-state index contributed by atoms with van der Waals surface area (Å²) in [5, 5.41) is 0. The molecule has 0 aromatic heterocycles. The normalized spacial score (nSPS) is 20.6. The molecule has 5 heteroatoms. The fourth-order valence-electron chi connectivity index (χ4n) is 2.01. The van der Waals surface area contributed by atoms with Gasteiger partial charge in [-0.05, 0) is 30.2 Å². The summed E-state index contributed by atoms with van der Waals surface area (Å²) in [6.45, 7) is 6.02. The molecule has 0 saturated carbocycles. The molecule has 1 atom stereocenters. The maximum Gasteiger partial charge on any atom is 0.274 e. The van der Waals surface area contributed by atoms with Gasteiger partial charge in [-0.3, -0.25) is 4.99 Å². The van der Waals surface area contributed by atoms with E-state index in [4.69, 9.17) is 11.5 Å². The van der Waals surface area contributed by atoms with E-state index in [0.717, 1.165) is 5.56 Å². The number of benzene rings is 1. The molecular weight excluding hydrogens is 260 g/mol. The number of rotatable bonds is 1. The Kier molecular flexibility index (Phi) is 5.48. The molecule has 1 unspecified atom stereocenters. The SMILES string of the molecule is CCC.Cc1ccc(N)cc1C1N=C(N)CCC1(F)F. The van der Waals surface area contributed by atoms with Gasteiger partial charge >= 0.3 is 0 Å². The summed E-state index contributed by atoms with van der Waals surface area (Å²) in [4.78, 5) is 3.90. The summed E-state index contributed by atoms with van der Waals surface area (Å²) in [7, 11) is 0. The zero-order valence-corrected chi connectivity index (χ0v) is 12.3. The largest absolute Gasteiger partial charge is 0.399 e. The molecule has 4 N–H and O–H groups in total. The minimum Gasteiger partial charge on any atom is -0.399 e. The molecule has 3 nitrogen and oxygen atoms in total. The second-order valence-corrected chi connectivity index (χ2v) is 5.11. The minimum absolute atomic E-state index is 0.144. The van der Waals surface area contributed by atoms with Gasteiger partial charge in [0, 0.05) is 18.5 Å². The molecule has 1 heterocycles. The van der Waals surface area contributed by atoms with Crippen molar-refractivity contribution < 1.29 is 8.78 Å². The quantitative estimate of drug-likeness (QED) is 0.769. The summed E-state index contributed by atoms with van der Waals surface area (Å²) < 4.78 is 27.7. The van der Waals surface area contributed by atoms with Crippen molar-refractivity contribution in [1.29, 1.82) is 0 Å². The molecule has 1 aliphatic rings. The van der Waals surface area contributed by atoms with Crippen LogP contribution in [-0.2, 0) is 0 Å². The van der Waals surface area contributed by atoms with Gasteiger partial charge in [0.1, 0.15) is 6.04 Å². The van der Waals surface area contributed by atoms with Crippen molar-refractivity contribution in [3.05, 3.63) is 29.3 Å². The number of aryl methyl sites for hydroxylation is 1. The highest BCUT2D eigenvalue weighted by Gasteiger charge is 2.43. The number of nitrogen functional groups attached to an aromatic ring is 1. The number of alkyl halides is 2. The van der Waals surface area contributed by atoms with E-state index in [9.17, 15) is 8.78 Å². The summed E-state index contributed by atoms with van der Waals surface area (Å²) in [5.74, 6) is -2.58. The average molecular weight is 283 g/mol. The van der Waals surface area contributed by atoms with E-state index in [1.54, 1.807) is 25.1 Å². The van der Waals surface area contributed by atoms with Gasteiger partial charge in [0.05, 0.1) is 5.84 Å². The molecule has 0 saturated heterocycles. The maximum absolute atomic E-state index is 13.8. The number of amidine groups is 1. The fourth-order valence-corrected chi connectivity index (χ4v) is 2.01. The van der Waals surface area contributed by atoms with E-state index in [0.29, 0.717) is 11.3 Å². The van der Waals surface area contributed by atoms with Gasteiger partial charge in [0.2, 0.25) is 0 Å². The molecule has 0 radical (unpaired) electrons.